The predicted molar refractivity (Wildman–Crippen MR) is 82.7 cm³/mol. The summed E-state index contributed by atoms with van der Waals surface area (Å²) in [7, 11) is 0. The molecule has 1 heterocycles. The first-order valence-corrected chi connectivity index (χ1v) is 7.68. The van der Waals surface area contributed by atoms with Crippen LogP contribution in [-0.2, 0) is 12.8 Å². The molecule has 0 radical (unpaired) electrons. The third-order valence-electron chi connectivity index (χ3n) is 4.87. The van der Waals surface area contributed by atoms with E-state index in [1.54, 1.807) is 0 Å². The smallest absolute Gasteiger partial charge is 0.144 e. The standard InChI is InChI=1S/C17H25N3/c1-5-17(3,4)14-7-8-15-12(10-14)9-13(11-18)16(20-15)19-6-2/h9,14H,5-8,10H2,1-4H3,(H,19,20). The molecule has 2 rings (SSSR count). The maximum absolute atomic E-state index is 9.29. The Balaban J connectivity index is 2.31. The fourth-order valence-corrected chi connectivity index (χ4v) is 3.01. The van der Waals surface area contributed by atoms with Crippen LogP contribution < -0.4 is 5.32 Å². The first kappa shape index (κ1) is 14.8. The van der Waals surface area contributed by atoms with Crippen molar-refractivity contribution in [1.29, 1.82) is 5.26 Å². The lowest BCUT2D eigenvalue weighted by atomic mass is 9.69. The number of rotatable bonds is 4. The van der Waals surface area contributed by atoms with Crippen molar-refractivity contribution >= 4 is 5.82 Å². The molecule has 0 saturated carbocycles. The lowest BCUT2D eigenvalue weighted by Crippen LogP contribution is -2.29. The molecule has 1 atom stereocenters. The summed E-state index contributed by atoms with van der Waals surface area (Å²) in [6, 6.07) is 4.33. The number of aromatic nitrogens is 1. The van der Waals surface area contributed by atoms with Crippen LogP contribution in [0.25, 0.3) is 0 Å². The molecule has 108 valence electrons. The van der Waals surface area contributed by atoms with Gasteiger partial charge in [0.25, 0.3) is 0 Å². The van der Waals surface area contributed by atoms with Gasteiger partial charge in [0.2, 0.25) is 0 Å². The Morgan fingerprint density at radius 2 is 2.20 bits per heavy atom. The van der Waals surface area contributed by atoms with Crippen LogP contribution >= 0.6 is 0 Å². The number of nitrogens with one attached hydrogen (secondary N) is 1. The van der Waals surface area contributed by atoms with Crippen molar-refractivity contribution < 1.29 is 0 Å². The molecule has 1 aromatic rings. The molecule has 0 amide bonds. The van der Waals surface area contributed by atoms with Gasteiger partial charge in [-0.2, -0.15) is 5.26 Å². The van der Waals surface area contributed by atoms with Gasteiger partial charge in [-0.25, -0.2) is 4.98 Å². The number of aryl methyl sites for hydroxylation is 1. The second-order valence-corrected chi connectivity index (χ2v) is 6.41. The zero-order valence-electron chi connectivity index (χ0n) is 13.1. The highest BCUT2D eigenvalue weighted by atomic mass is 15.0. The Bertz CT molecular complexity index is 526. The Kier molecular flexibility index (Phi) is 4.32. The lowest BCUT2D eigenvalue weighted by molar-refractivity contribution is 0.182. The zero-order valence-corrected chi connectivity index (χ0v) is 13.1. The van der Waals surface area contributed by atoms with E-state index < -0.39 is 0 Å². The van der Waals surface area contributed by atoms with E-state index in [2.05, 4.69) is 43.2 Å². The molecule has 20 heavy (non-hydrogen) atoms. The van der Waals surface area contributed by atoms with E-state index >= 15 is 0 Å². The molecule has 0 saturated heterocycles. The highest BCUT2D eigenvalue weighted by molar-refractivity contribution is 5.54. The number of nitrogens with zero attached hydrogens (tertiary/aromatic N) is 2. The molecule has 1 N–H and O–H groups in total. The molecule has 1 aromatic heterocycles. The summed E-state index contributed by atoms with van der Waals surface area (Å²) in [4.78, 5) is 4.68. The van der Waals surface area contributed by atoms with Gasteiger partial charge in [-0.05, 0) is 49.1 Å². The predicted octanol–water partition coefficient (Wildman–Crippen LogP) is 3.93. The minimum absolute atomic E-state index is 0.366. The van der Waals surface area contributed by atoms with Gasteiger partial charge < -0.3 is 5.32 Å². The van der Waals surface area contributed by atoms with Gasteiger partial charge in [-0.3, -0.25) is 0 Å². The quantitative estimate of drug-likeness (QED) is 0.902. The Morgan fingerprint density at radius 3 is 2.80 bits per heavy atom. The topological polar surface area (TPSA) is 48.7 Å². The van der Waals surface area contributed by atoms with E-state index in [0.717, 1.165) is 25.2 Å². The summed E-state index contributed by atoms with van der Waals surface area (Å²) in [5.41, 5.74) is 3.51. The maximum atomic E-state index is 9.29. The summed E-state index contributed by atoms with van der Waals surface area (Å²) in [5, 5.41) is 12.5. The van der Waals surface area contributed by atoms with E-state index in [1.165, 1.54) is 24.1 Å². The lowest BCUT2D eigenvalue weighted by Gasteiger charge is -2.37. The van der Waals surface area contributed by atoms with Crippen molar-refractivity contribution in [2.75, 3.05) is 11.9 Å². The molecule has 1 aliphatic carbocycles. The SMILES string of the molecule is CCNc1nc2c(cc1C#N)CC(C(C)(C)CC)CC2. The zero-order chi connectivity index (χ0) is 14.8. The minimum Gasteiger partial charge on any atom is -0.369 e. The van der Waals surface area contributed by atoms with E-state index in [1.807, 2.05) is 6.92 Å². The van der Waals surface area contributed by atoms with Crippen LogP contribution in [-0.4, -0.2) is 11.5 Å². The molecule has 1 unspecified atom stereocenters. The molecule has 0 spiro atoms. The van der Waals surface area contributed by atoms with Crippen molar-refractivity contribution in [3.05, 3.63) is 22.9 Å². The number of hydrogen-bond donors (Lipinski definition) is 1. The van der Waals surface area contributed by atoms with E-state index in [4.69, 9.17) is 0 Å². The first-order chi connectivity index (χ1) is 9.51. The molecule has 3 heteroatoms. The molecule has 0 aromatic carbocycles. The second-order valence-electron chi connectivity index (χ2n) is 6.41. The number of fused-ring (bicyclic) bond motifs is 1. The Labute approximate surface area is 122 Å². The van der Waals surface area contributed by atoms with E-state index in [9.17, 15) is 5.26 Å². The van der Waals surface area contributed by atoms with Crippen molar-refractivity contribution in [2.24, 2.45) is 11.3 Å². The second kappa shape index (κ2) is 5.83. The van der Waals surface area contributed by atoms with Gasteiger partial charge in [0.05, 0.1) is 5.56 Å². The minimum atomic E-state index is 0.366. The van der Waals surface area contributed by atoms with E-state index in [-0.39, 0.29) is 0 Å². The van der Waals surface area contributed by atoms with Gasteiger partial charge in [0.1, 0.15) is 11.9 Å². The van der Waals surface area contributed by atoms with Gasteiger partial charge in [-0.1, -0.05) is 27.2 Å². The molecule has 0 aliphatic heterocycles. The summed E-state index contributed by atoms with van der Waals surface area (Å²) >= 11 is 0. The Hall–Kier alpha value is -1.56. The van der Waals surface area contributed by atoms with Crippen LogP contribution in [0.5, 0.6) is 0 Å². The fourth-order valence-electron chi connectivity index (χ4n) is 3.01. The molecule has 0 fully saturated rings. The summed E-state index contributed by atoms with van der Waals surface area (Å²) in [5.74, 6) is 1.44. The van der Waals surface area contributed by atoms with Crippen LogP contribution in [0.1, 0.15) is 57.4 Å². The Morgan fingerprint density at radius 1 is 1.45 bits per heavy atom. The molecule has 0 bridgehead atoms. The number of nitriles is 1. The third-order valence-corrected chi connectivity index (χ3v) is 4.87. The van der Waals surface area contributed by atoms with Crippen LogP contribution in [0, 0.1) is 22.7 Å². The van der Waals surface area contributed by atoms with Crippen LogP contribution in [0.2, 0.25) is 0 Å². The van der Waals surface area contributed by atoms with Crippen LogP contribution in [0.15, 0.2) is 6.07 Å². The average Bonchev–Trinajstić information content (AvgIpc) is 2.46. The molecule has 1 aliphatic rings. The van der Waals surface area contributed by atoms with E-state index in [0.29, 0.717) is 16.9 Å². The average molecular weight is 271 g/mol. The molecular weight excluding hydrogens is 246 g/mol. The van der Waals surface area contributed by atoms with Crippen LogP contribution in [0.4, 0.5) is 5.82 Å². The number of pyridine rings is 1. The van der Waals surface area contributed by atoms with Crippen molar-refractivity contribution in [3.63, 3.8) is 0 Å². The first-order valence-electron chi connectivity index (χ1n) is 7.68. The van der Waals surface area contributed by atoms with Gasteiger partial charge in [-0.15, -0.1) is 0 Å². The maximum Gasteiger partial charge on any atom is 0.144 e. The summed E-state index contributed by atoms with van der Waals surface area (Å²) in [6.07, 6.45) is 4.50. The summed E-state index contributed by atoms with van der Waals surface area (Å²) < 4.78 is 0. The van der Waals surface area contributed by atoms with Crippen molar-refractivity contribution in [3.8, 4) is 6.07 Å². The molecular formula is C17H25N3. The largest absolute Gasteiger partial charge is 0.369 e. The summed E-state index contributed by atoms with van der Waals surface area (Å²) in [6.45, 7) is 9.80. The molecule has 3 nitrogen and oxygen atoms in total. The van der Waals surface area contributed by atoms with Crippen molar-refractivity contribution in [1.82, 2.24) is 4.98 Å². The van der Waals surface area contributed by atoms with Gasteiger partial charge in [0.15, 0.2) is 0 Å². The highest BCUT2D eigenvalue weighted by Crippen LogP contribution is 2.39. The number of hydrogen-bond acceptors (Lipinski definition) is 3. The fraction of sp³-hybridized carbons (Fsp3) is 0.647. The van der Waals surface area contributed by atoms with Crippen LogP contribution in [0.3, 0.4) is 0 Å². The normalized spacial score (nSPS) is 18.2. The monoisotopic (exact) mass is 271 g/mol. The highest BCUT2D eigenvalue weighted by Gasteiger charge is 2.31. The number of anilines is 1. The van der Waals surface area contributed by atoms with Gasteiger partial charge >= 0.3 is 0 Å². The third kappa shape index (κ3) is 2.80. The van der Waals surface area contributed by atoms with Gasteiger partial charge in [0, 0.05) is 12.2 Å². The van der Waals surface area contributed by atoms with Crippen molar-refractivity contribution in [2.45, 2.75) is 53.4 Å².